The highest BCUT2D eigenvalue weighted by molar-refractivity contribution is 7.98. The highest BCUT2D eigenvalue weighted by Crippen LogP contribution is 2.24. The van der Waals surface area contributed by atoms with Gasteiger partial charge in [-0.2, -0.15) is 11.8 Å². The number of carbonyl (C=O) groups is 16. The number of primary amides is 1. The van der Waals surface area contributed by atoms with E-state index in [0.717, 1.165) is 4.90 Å². The zero-order valence-electron chi connectivity index (χ0n) is 66.6. The summed E-state index contributed by atoms with van der Waals surface area (Å²) in [6, 6.07) is -14.2. The number of carbonyl (C=O) groups excluding carboxylic acids is 15. The van der Waals surface area contributed by atoms with Gasteiger partial charge in [-0.25, -0.2) is 0 Å². The molecule has 0 radical (unpaired) electrons. The molecule has 15 amide bonds. The number of aliphatic imine (C=N–C) groups is 1. The van der Waals surface area contributed by atoms with E-state index in [1.165, 1.54) is 65.1 Å². The van der Waals surface area contributed by atoms with Gasteiger partial charge in [-0.05, 0) is 148 Å². The summed E-state index contributed by atoms with van der Waals surface area (Å²) < 4.78 is 0. The van der Waals surface area contributed by atoms with E-state index < -0.39 is 216 Å². The normalized spacial score (nSPS) is 18.3. The minimum absolute atomic E-state index is 0.0336. The van der Waals surface area contributed by atoms with Gasteiger partial charge in [0.25, 0.3) is 0 Å². The number of aliphatic hydroxyl groups excluding tert-OH is 3. The fourth-order valence-electron chi connectivity index (χ4n) is 12.7. The molecule has 4 rings (SSSR count). The number of nitrogens with two attached hydrogens (primary N) is 4. The smallest absolute Gasteiger partial charge is 0.325 e. The molecule has 2 aliphatic rings. The fourth-order valence-corrected chi connectivity index (χ4v) is 13.2. The van der Waals surface area contributed by atoms with Gasteiger partial charge < -0.3 is 122 Å². The number of aliphatic carboxylic acids is 1. The lowest BCUT2D eigenvalue weighted by molar-refractivity contribution is -0.145. The minimum atomic E-state index is -1.76. The summed E-state index contributed by atoms with van der Waals surface area (Å²) in [5.74, 6) is -15.0. The van der Waals surface area contributed by atoms with Gasteiger partial charge in [0.05, 0.1) is 24.4 Å². The standard InChI is InChI=1S/C73H118N20O20S/c1-34(2)30-49(86-62(102)47(23-24-54(75)97)85-69(109)56(41(10)95)89-60(100)45(74)19-15-26-78-73(76)77)63(103)87-50(31-35(3)4)64(104)88-51(32-43-33-79-46-20-14-13-18-44(43)46)65(105)91-57(42(11)96)71(111)93-28-17-21-52(93)66(106)80-36(5)58(98)82-38(7)70(110)92-27-16-22-53(92)67(107)90-55(40(9)94)68(108)81-37(6)59(99)84-48(25-29-114-12)61(101)83-39(8)72(112)113/h13-14,18,20,33-42,45,47-53,55-57,79,94-96H,15-17,19,21-32,74H2,1-12H3,(H2,75,97)(H,80,106)(H,81,108)(H,82,98)(H,83,101)(H,84,99)(H,85,109)(H,86,102)(H,87,103)(H,88,104)(H,89,100)(H,90,107)(H,91,105)(H,112,113)(H4,76,77,78)/t36-,37-,38-,39-,40+,41+,42+,45-,47-,48-,49-,50-,51-,52-,53-,55-,56-,57-/m0/s1. The summed E-state index contributed by atoms with van der Waals surface area (Å²) in [6.07, 6.45) is -1.37. The van der Waals surface area contributed by atoms with Crippen LogP contribution in [0.2, 0.25) is 0 Å². The maximum Gasteiger partial charge on any atom is 0.325 e. The van der Waals surface area contributed by atoms with E-state index >= 15 is 0 Å². The fraction of sp³-hybridized carbons (Fsp3) is 0.658. The molecule has 1 aromatic heterocycles. The Morgan fingerprint density at radius 1 is 0.500 bits per heavy atom. The molecular formula is C73H118N20O20S. The molecule has 0 aliphatic carbocycles. The number of fused-ring (bicyclic) bond motifs is 1. The van der Waals surface area contributed by atoms with E-state index in [1.54, 1.807) is 64.4 Å². The molecule has 0 saturated carbocycles. The first-order valence-electron chi connectivity index (χ1n) is 38.1. The molecule has 0 bridgehead atoms. The molecule has 2 aliphatic heterocycles. The first kappa shape index (κ1) is 96.1. The maximum atomic E-state index is 14.9. The summed E-state index contributed by atoms with van der Waals surface area (Å²) in [4.78, 5) is 229. The second-order valence-corrected chi connectivity index (χ2v) is 30.8. The molecule has 18 atom stereocenters. The largest absolute Gasteiger partial charge is 0.480 e. The molecule has 40 nitrogen and oxygen atoms in total. The Kier molecular flexibility index (Phi) is 38.9. The number of nitrogens with zero attached hydrogens (tertiary/aromatic N) is 3. The van der Waals surface area contributed by atoms with Crippen LogP contribution in [0.25, 0.3) is 10.9 Å². The monoisotopic (exact) mass is 1630 g/mol. The van der Waals surface area contributed by atoms with Gasteiger partial charge in [-0.1, -0.05) is 45.9 Å². The number of carboxylic acid groups (broad SMARTS) is 1. The quantitative estimate of drug-likeness (QED) is 0.0167. The van der Waals surface area contributed by atoms with Gasteiger partial charge in [0, 0.05) is 49.6 Å². The van der Waals surface area contributed by atoms with Crippen LogP contribution in [-0.2, 0) is 83.1 Å². The summed E-state index contributed by atoms with van der Waals surface area (Å²) in [6.45, 7) is 15.9. The number of aromatic amines is 1. The lowest BCUT2D eigenvalue weighted by Crippen LogP contribution is -2.62. The number of hydrogen-bond donors (Lipinski definition) is 21. The number of guanidine groups is 1. The van der Waals surface area contributed by atoms with Gasteiger partial charge in [0.2, 0.25) is 88.6 Å². The SMILES string of the molecule is CSCC[C@H](NC(=O)[C@H](C)NC(=O)[C@@H](NC(=O)[C@@H]1CCCN1C(=O)[C@H](C)NC(=O)[C@H](C)NC(=O)[C@@H]1CCCN1C(=O)[C@@H](NC(=O)[C@H](Cc1c[nH]c2ccccc12)NC(=O)[C@H](CC(C)C)NC(=O)[C@H](CC(C)C)NC(=O)[C@H](CCC(N)=O)NC(=O)[C@@H](NC(=O)[C@@H](N)CCCN=C(N)N)[C@@H](C)O)[C@@H](C)O)[C@@H](C)O)C(=O)N[C@@H](C)C(=O)O. The van der Waals surface area contributed by atoms with E-state index in [2.05, 4.69) is 73.8 Å². The Morgan fingerprint density at radius 3 is 1.47 bits per heavy atom. The van der Waals surface area contributed by atoms with Crippen LogP contribution < -0.4 is 86.7 Å². The Balaban J connectivity index is 1.49. The van der Waals surface area contributed by atoms with E-state index in [4.69, 9.17) is 22.9 Å². The van der Waals surface area contributed by atoms with Crippen molar-refractivity contribution in [3.05, 3.63) is 36.0 Å². The molecule has 636 valence electrons. The highest BCUT2D eigenvalue weighted by atomic mass is 32.2. The van der Waals surface area contributed by atoms with Crippen LogP contribution in [0.3, 0.4) is 0 Å². The van der Waals surface area contributed by atoms with Crippen molar-refractivity contribution in [2.75, 3.05) is 31.6 Å². The second-order valence-electron chi connectivity index (χ2n) is 29.8. The van der Waals surface area contributed by atoms with Crippen LogP contribution in [0.1, 0.15) is 152 Å². The average molecular weight is 1630 g/mol. The van der Waals surface area contributed by atoms with Gasteiger partial charge in [0.15, 0.2) is 5.96 Å². The van der Waals surface area contributed by atoms with E-state index in [1.807, 2.05) is 0 Å². The molecule has 114 heavy (non-hydrogen) atoms. The Morgan fingerprint density at radius 2 is 0.939 bits per heavy atom. The molecular weight excluding hydrogens is 1510 g/mol. The number of carboxylic acids is 1. The molecule has 25 N–H and O–H groups in total. The zero-order chi connectivity index (χ0) is 85.7. The number of hydrogen-bond acceptors (Lipinski definition) is 22. The number of thioether (sulfide) groups is 1. The summed E-state index contributed by atoms with van der Waals surface area (Å²) >= 11 is 1.36. The maximum absolute atomic E-state index is 14.9. The molecule has 2 fully saturated rings. The lowest BCUT2D eigenvalue weighted by atomic mass is 9.98. The van der Waals surface area contributed by atoms with Crippen molar-refractivity contribution in [1.82, 2.24) is 78.6 Å². The summed E-state index contributed by atoms with van der Waals surface area (Å²) in [5, 5.41) is 72.7. The van der Waals surface area contributed by atoms with Crippen molar-refractivity contribution in [3.8, 4) is 0 Å². The summed E-state index contributed by atoms with van der Waals surface area (Å²) in [5.41, 5.74) is 23.4. The topological polar surface area (TPSA) is 637 Å². The first-order chi connectivity index (χ1) is 53.5. The van der Waals surface area contributed by atoms with Gasteiger partial charge in [-0.15, -0.1) is 0 Å². The number of aromatic nitrogens is 1. The number of amides is 15. The number of benzene rings is 1. The van der Waals surface area contributed by atoms with Crippen molar-refractivity contribution < 1.29 is 97.1 Å². The van der Waals surface area contributed by atoms with Crippen LogP contribution in [0.15, 0.2) is 35.5 Å². The number of likely N-dealkylation sites (tertiary alicyclic amines) is 2. The van der Waals surface area contributed by atoms with Crippen LogP contribution in [0.5, 0.6) is 0 Å². The third-order valence-corrected chi connectivity index (χ3v) is 19.7. The van der Waals surface area contributed by atoms with Crippen LogP contribution in [0, 0.1) is 11.8 Å². The van der Waals surface area contributed by atoms with Crippen LogP contribution in [0.4, 0.5) is 0 Å². The van der Waals surface area contributed by atoms with E-state index in [-0.39, 0.29) is 95.2 Å². The number of para-hydroxylation sites is 1. The Labute approximate surface area is 665 Å². The second kappa shape index (κ2) is 46.2. The van der Waals surface area contributed by atoms with E-state index in [9.17, 15) is 97.1 Å². The average Bonchev–Trinajstić information content (AvgIpc) is 1.63. The number of H-pyrrole nitrogens is 1. The molecule has 2 aromatic rings. The zero-order valence-corrected chi connectivity index (χ0v) is 67.4. The van der Waals surface area contributed by atoms with Crippen LogP contribution >= 0.6 is 11.8 Å². The molecule has 0 spiro atoms. The molecule has 1 aromatic carbocycles. The van der Waals surface area contributed by atoms with Crippen molar-refractivity contribution in [3.63, 3.8) is 0 Å². The van der Waals surface area contributed by atoms with Crippen molar-refractivity contribution >= 4 is 123 Å². The lowest BCUT2D eigenvalue weighted by Gasteiger charge is -2.32. The third kappa shape index (κ3) is 29.9. The predicted molar refractivity (Wildman–Crippen MR) is 418 cm³/mol. The molecule has 41 heteroatoms. The summed E-state index contributed by atoms with van der Waals surface area (Å²) in [7, 11) is 0. The van der Waals surface area contributed by atoms with Crippen LogP contribution in [-0.4, -0.2) is 276 Å². The number of nitrogens with one attached hydrogen (secondary N) is 13. The van der Waals surface area contributed by atoms with Crippen molar-refractivity contribution in [2.24, 2.45) is 39.8 Å². The van der Waals surface area contributed by atoms with Gasteiger partial charge in [-0.3, -0.25) is 81.7 Å². The number of aliphatic hydroxyl groups is 3. The van der Waals surface area contributed by atoms with Crippen molar-refractivity contribution in [1.29, 1.82) is 0 Å². The van der Waals surface area contributed by atoms with E-state index in [0.29, 0.717) is 28.6 Å². The van der Waals surface area contributed by atoms with Gasteiger partial charge >= 0.3 is 5.97 Å². The Hall–Kier alpha value is -10.3. The Bertz CT molecular complexity index is 3740. The predicted octanol–water partition coefficient (Wildman–Crippen LogP) is -5.69. The minimum Gasteiger partial charge on any atom is -0.480 e. The highest BCUT2D eigenvalue weighted by Gasteiger charge is 2.44. The van der Waals surface area contributed by atoms with Crippen molar-refractivity contribution in [2.45, 2.75) is 262 Å². The number of rotatable bonds is 46. The molecule has 0 unspecified atom stereocenters. The first-order valence-corrected chi connectivity index (χ1v) is 39.5. The van der Waals surface area contributed by atoms with Gasteiger partial charge in [0.1, 0.15) is 84.6 Å². The third-order valence-electron chi connectivity index (χ3n) is 19.1. The molecule has 2 saturated heterocycles. The molecule has 3 heterocycles.